The highest BCUT2D eigenvalue weighted by Gasteiger charge is 2.25. The molecule has 0 spiro atoms. The molecule has 0 aliphatic rings. The molecule has 1 N–H and O–H groups in total. The summed E-state index contributed by atoms with van der Waals surface area (Å²) in [6.07, 6.45) is 0. The first-order valence-corrected chi connectivity index (χ1v) is 8.96. The van der Waals surface area contributed by atoms with Gasteiger partial charge in [-0.05, 0) is 23.6 Å². The van der Waals surface area contributed by atoms with Crippen LogP contribution in [0.3, 0.4) is 0 Å². The van der Waals surface area contributed by atoms with Crippen LogP contribution < -0.4 is 4.31 Å². The zero-order chi connectivity index (χ0) is 16.5. The van der Waals surface area contributed by atoms with Crippen molar-refractivity contribution in [1.82, 2.24) is 0 Å². The second-order valence-corrected chi connectivity index (χ2v) is 8.02. The lowest BCUT2D eigenvalue weighted by Crippen LogP contribution is -2.27. The monoisotopic (exact) mass is 339 g/mol. The molecule has 1 aromatic carbocycles. The van der Waals surface area contributed by atoms with Crippen LogP contribution in [0.4, 0.5) is 5.69 Å². The van der Waals surface area contributed by atoms with Crippen molar-refractivity contribution < 1.29 is 18.3 Å². The molecule has 0 aliphatic carbocycles. The van der Waals surface area contributed by atoms with Crippen molar-refractivity contribution in [2.75, 3.05) is 11.4 Å². The van der Waals surface area contributed by atoms with Gasteiger partial charge in [-0.25, -0.2) is 13.2 Å². The van der Waals surface area contributed by atoms with E-state index in [0.29, 0.717) is 5.69 Å². The van der Waals surface area contributed by atoms with E-state index in [1.54, 1.807) is 12.1 Å². The predicted octanol–water partition coefficient (Wildman–Crippen LogP) is 3.39. The molecule has 0 bridgehead atoms. The van der Waals surface area contributed by atoms with Crippen LogP contribution in [0.2, 0.25) is 0 Å². The van der Waals surface area contributed by atoms with Gasteiger partial charge in [0.15, 0.2) is 0 Å². The first-order valence-electron chi connectivity index (χ1n) is 6.65. The van der Waals surface area contributed by atoms with Crippen LogP contribution in [0, 0.1) is 0 Å². The van der Waals surface area contributed by atoms with Gasteiger partial charge < -0.3 is 5.11 Å². The Bertz CT molecular complexity index is 793. The smallest absolute Gasteiger partial charge is 0.345 e. The largest absolute Gasteiger partial charge is 0.477 e. The van der Waals surface area contributed by atoms with Gasteiger partial charge in [-0.15, -0.1) is 11.3 Å². The zero-order valence-electron chi connectivity index (χ0n) is 12.5. The third kappa shape index (κ3) is 3.00. The molecule has 0 amide bonds. The molecule has 5 nitrogen and oxygen atoms in total. The van der Waals surface area contributed by atoms with Gasteiger partial charge in [-0.3, -0.25) is 4.31 Å². The molecule has 1 heterocycles. The summed E-state index contributed by atoms with van der Waals surface area (Å²) >= 11 is 0.902. The van der Waals surface area contributed by atoms with E-state index in [0.717, 1.165) is 16.9 Å². The molecular weight excluding hydrogens is 322 g/mol. The number of carbonyl (C=O) groups is 1. The van der Waals surface area contributed by atoms with Gasteiger partial charge in [0, 0.05) is 12.4 Å². The average Bonchev–Trinajstić information content (AvgIpc) is 2.97. The van der Waals surface area contributed by atoms with E-state index in [9.17, 15) is 13.2 Å². The van der Waals surface area contributed by atoms with Crippen LogP contribution in [-0.2, 0) is 10.0 Å². The molecule has 0 saturated heterocycles. The van der Waals surface area contributed by atoms with Crippen LogP contribution in [0.25, 0.3) is 0 Å². The standard InChI is InChI=1S/C15H17NO4S2/c1-10(2)12-6-4-5-7-13(12)16(3)22(19,20)11-8-14(15(17)18)21-9-11/h4-10H,1-3H3,(H,17,18). The summed E-state index contributed by atoms with van der Waals surface area (Å²) in [5.74, 6) is -0.956. The van der Waals surface area contributed by atoms with Gasteiger partial charge >= 0.3 is 5.97 Å². The highest BCUT2D eigenvalue weighted by molar-refractivity contribution is 7.93. The summed E-state index contributed by atoms with van der Waals surface area (Å²) in [7, 11) is -2.30. The summed E-state index contributed by atoms with van der Waals surface area (Å²) in [6.45, 7) is 3.98. The fourth-order valence-electron chi connectivity index (χ4n) is 2.12. The Kier molecular flexibility index (Phi) is 4.58. The second kappa shape index (κ2) is 6.10. The fourth-order valence-corrected chi connectivity index (χ4v) is 4.44. The summed E-state index contributed by atoms with van der Waals surface area (Å²) in [4.78, 5) is 10.9. The minimum absolute atomic E-state index is 0.00374. The normalized spacial score (nSPS) is 11.6. The number of nitrogens with zero attached hydrogens (tertiary/aromatic N) is 1. The van der Waals surface area contributed by atoms with Crippen LogP contribution in [0.5, 0.6) is 0 Å². The third-order valence-electron chi connectivity index (χ3n) is 3.34. The van der Waals surface area contributed by atoms with E-state index < -0.39 is 16.0 Å². The van der Waals surface area contributed by atoms with Gasteiger partial charge in [0.05, 0.1) is 10.6 Å². The summed E-state index contributed by atoms with van der Waals surface area (Å²) in [6, 6.07) is 8.48. The Balaban J connectivity index is 2.47. The van der Waals surface area contributed by atoms with Crippen molar-refractivity contribution in [3.63, 3.8) is 0 Å². The van der Waals surface area contributed by atoms with E-state index in [2.05, 4.69) is 0 Å². The molecule has 0 atom stereocenters. The molecular formula is C15H17NO4S2. The van der Waals surface area contributed by atoms with Crippen molar-refractivity contribution in [2.24, 2.45) is 0 Å². The van der Waals surface area contributed by atoms with Gasteiger partial charge in [0.25, 0.3) is 10.0 Å². The maximum absolute atomic E-state index is 12.7. The Labute approximate surface area is 133 Å². The topological polar surface area (TPSA) is 74.7 Å². The SMILES string of the molecule is CC(C)c1ccccc1N(C)S(=O)(=O)c1csc(C(=O)O)c1. The minimum atomic E-state index is -3.78. The van der Waals surface area contributed by atoms with Crippen LogP contribution in [0.15, 0.2) is 40.6 Å². The second-order valence-electron chi connectivity index (χ2n) is 5.14. The molecule has 0 aliphatic heterocycles. The number of thiophene rings is 1. The van der Waals surface area contributed by atoms with Crippen molar-refractivity contribution >= 4 is 33.0 Å². The van der Waals surface area contributed by atoms with Crippen LogP contribution in [0.1, 0.15) is 35.0 Å². The number of carboxylic acid groups (broad SMARTS) is 1. The minimum Gasteiger partial charge on any atom is -0.477 e. The number of sulfonamides is 1. The molecule has 0 unspecified atom stereocenters. The molecule has 118 valence electrons. The molecule has 0 saturated carbocycles. The highest BCUT2D eigenvalue weighted by Crippen LogP contribution is 2.31. The number of rotatable bonds is 5. The number of aromatic carboxylic acids is 1. The van der Waals surface area contributed by atoms with E-state index in [1.165, 1.54) is 22.8 Å². The Morgan fingerprint density at radius 1 is 1.27 bits per heavy atom. The number of benzene rings is 1. The number of hydrogen-bond acceptors (Lipinski definition) is 4. The lowest BCUT2D eigenvalue weighted by Gasteiger charge is -2.23. The predicted molar refractivity (Wildman–Crippen MR) is 87.4 cm³/mol. The summed E-state index contributed by atoms with van der Waals surface area (Å²) < 4.78 is 26.6. The van der Waals surface area contributed by atoms with Crippen LogP contribution in [-0.4, -0.2) is 26.5 Å². The fraction of sp³-hybridized carbons (Fsp3) is 0.267. The highest BCUT2D eigenvalue weighted by atomic mass is 32.2. The summed E-state index contributed by atoms with van der Waals surface area (Å²) in [5, 5.41) is 10.3. The van der Waals surface area contributed by atoms with Crippen molar-refractivity contribution in [1.29, 1.82) is 0 Å². The maximum Gasteiger partial charge on any atom is 0.345 e. The first-order chi connectivity index (χ1) is 10.2. The molecule has 2 aromatic rings. The summed E-state index contributed by atoms with van der Waals surface area (Å²) in [5.41, 5.74) is 1.52. The van der Waals surface area contributed by atoms with Gasteiger partial charge in [-0.2, -0.15) is 0 Å². The number of hydrogen-bond donors (Lipinski definition) is 1. The first kappa shape index (κ1) is 16.5. The van der Waals surface area contributed by atoms with E-state index in [-0.39, 0.29) is 15.7 Å². The van der Waals surface area contributed by atoms with E-state index in [4.69, 9.17) is 5.11 Å². The van der Waals surface area contributed by atoms with Gasteiger partial charge in [-0.1, -0.05) is 32.0 Å². The molecule has 7 heteroatoms. The van der Waals surface area contributed by atoms with Crippen LogP contribution >= 0.6 is 11.3 Å². The Hall–Kier alpha value is -1.86. The lowest BCUT2D eigenvalue weighted by atomic mass is 10.0. The van der Waals surface area contributed by atoms with E-state index in [1.807, 2.05) is 26.0 Å². The third-order valence-corrected chi connectivity index (χ3v) is 6.16. The van der Waals surface area contributed by atoms with Crippen molar-refractivity contribution in [3.8, 4) is 0 Å². The zero-order valence-corrected chi connectivity index (χ0v) is 14.1. The number of anilines is 1. The van der Waals surface area contributed by atoms with Gasteiger partial charge in [0.2, 0.25) is 0 Å². The quantitative estimate of drug-likeness (QED) is 0.906. The Morgan fingerprint density at radius 3 is 2.45 bits per heavy atom. The molecule has 0 fully saturated rings. The lowest BCUT2D eigenvalue weighted by molar-refractivity contribution is 0.0702. The average molecular weight is 339 g/mol. The van der Waals surface area contributed by atoms with Crippen molar-refractivity contribution in [2.45, 2.75) is 24.7 Å². The molecule has 22 heavy (non-hydrogen) atoms. The molecule has 2 rings (SSSR count). The maximum atomic E-state index is 12.7. The number of carboxylic acids is 1. The number of para-hydroxylation sites is 1. The molecule has 0 radical (unpaired) electrons. The van der Waals surface area contributed by atoms with Crippen molar-refractivity contribution in [3.05, 3.63) is 46.2 Å². The Morgan fingerprint density at radius 2 is 1.91 bits per heavy atom. The van der Waals surface area contributed by atoms with E-state index >= 15 is 0 Å². The van der Waals surface area contributed by atoms with Gasteiger partial charge in [0.1, 0.15) is 4.88 Å². The molecule has 1 aromatic heterocycles.